The number of carbonyl (C=O) groups excluding carboxylic acids is 1. The Kier molecular flexibility index (Phi) is 4.74. The van der Waals surface area contributed by atoms with Gasteiger partial charge in [0.05, 0.1) is 0 Å². The Hall–Kier alpha value is -2.35. The minimum Gasteiger partial charge on any atom is -0.268 e. The first-order chi connectivity index (χ1) is 10.7. The van der Waals surface area contributed by atoms with Crippen molar-refractivity contribution in [2.24, 2.45) is 0 Å². The highest BCUT2D eigenvalue weighted by Gasteiger charge is 2.47. The lowest BCUT2D eigenvalue weighted by atomic mass is 10.0. The lowest BCUT2D eigenvalue weighted by Gasteiger charge is -2.09. The van der Waals surface area contributed by atoms with Gasteiger partial charge in [0.25, 0.3) is 5.91 Å². The van der Waals surface area contributed by atoms with E-state index in [1.807, 2.05) is 30.3 Å². The van der Waals surface area contributed by atoms with Crippen LogP contribution >= 0.6 is 0 Å². The van der Waals surface area contributed by atoms with Crippen molar-refractivity contribution in [3.8, 4) is 0 Å². The predicted molar refractivity (Wildman–Crippen MR) is 78.1 cm³/mol. The molecule has 0 aliphatic rings. The van der Waals surface area contributed by atoms with Gasteiger partial charge in [-0.25, -0.2) is 4.72 Å². The van der Waals surface area contributed by atoms with Crippen molar-refractivity contribution in [2.45, 2.75) is 11.9 Å². The van der Waals surface area contributed by atoms with Crippen LogP contribution in [0.15, 0.2) is 54.6 Å². The molecule has 8 heteroatoms. The number of hydrogen-bond acceptors (Lipinski definition) is 3. The average Bonchev–Trinajstić information content (AvgIpc) is 2.47. The summed E-state index contributed by atoms with van der Waals surface area (Å²) in [5.41, 5.74) is -3.83. The van der Waals surface area contributed by atoms with Gasteiger partial charge in [-0.15, -0.1) is 0 Å². The average molecular weight is 343 g/mol. The standard InChI is InChI=1S/C15H12F3NO3S/c16-15(17,18)23(21,22)19-14(20)13-8-6-12(7-9-13)10-11-4-2-1-3-5-11/h1-9H,10H2,(H,19,20). The number of carbonyl (C=O) groups is 1. The van der Waals surface area contributed by atoms with E-state index in [-0.39, 0.29) is 5.56 Å². The Bertz CT molecular complexity index is 785. The zero-order valence-corrected chi connectivity index (χ0v) is 12.5. The smallest absolute Gasteiger partial charge is 0.268 e. The Morgan fingerprint density at radius 3 is 1.96 bits per heavy atom. The number of hydrogen-bond donors (Lipinski definition) is 1. The molecule has 4 nitrogen and oxygen atoms in total. The fourth-order valence-corrected chi connectivity index (χ4v) is 2.32. The predicted octanol–water partition coefficient (Wildman–Crippen LogP) is 2.86. The normalized spacial score (nSPS) is 12.0. The molecular weight excluding hydrogens is 331 g/mol. The van der Waals surface area contributed by atoms with Gasteiger partial charge in [-0.1, -0.05) is 42.5 Å². The van der Waals surface area contributed by atoms with Crippen LogP contribution in [0.25, 0.3) is 0 Å². The van der Waals surface area contributed by atoms with Crippen LogP contribution in [0.1, 0.15) is 21.5 Å². The highest BCUT2D eigenvalue weighted by molar-refractivity contribution is 7.90. The fourth-order valence-electron chi connectivity index (χ4n) is 1.84. The van der Waals surface area contributed by atoms with E-state index in [0.29, 0.717) is 6.42 Å². The Labute approximate surface area is 131 Å². The zero-order chi connectivity index (χ0) is 17.1. The van der Waals surface area contributed by atoms with Crippen LogP contribution in [0.3, 0.4) is 0 Å². The second kappa shape index (κ2) is 6.41. The Morgan fingerprint density at radius 2 is 1.43 bits per heavy atom. The molecule has 0 saturated heterocycles. The molecule has 0 unspecified atom stereocenters. The van der Waals surface area contributed by atoms with Gasteiger partial charge < -0.3 is 0 Å². The molecule has 0 aliphatic heterocycles. The molecule has 0 radical (unpaired) electrons. The molecule has 1 amide bonds. The second-order valence-corrected chi connectivity index (χ2v) is 6.41. The SMILES string of the molecule is O=C(NS(=O)(=O)C(F)(F)F)c1ccc(Cc2ccccc2)cc1. The van der Waals surface area contributed by atoms with Crippen molar-refractivity contribution >= 4 is 15.9 Å². The summed E-state index contributed by atoms with van der Waals surface area (Å²) in [6.45, 7) is 0. The van der Waals surface area contributed by atoms with Crippen molar-refractivity contribution in [1.82, 2.24) is 4.72 Å². The van der Waals surface area contributed by atoms with Gasteiger partial charge in [-0.05, 0) is 29.7 Å². The largest absolute Gasteiger partial charge is 0.516 e. The van der Waals surface area contributed by atoms with E-state index in [2.05, 4.69) is 0 Å². The van der Waals surface area contributed by atoms with Crippen molar-refractivity contribution < 1.29 is 26.4 Å². The first kappa shape index (κ1) is 17.0. The first-order valence-electron chi connectivity index (χ1n) is 6.45. The summed E-state index contributed by atoms with van der Waals surface area (Å²) >= 11 is 0. The quantitative estimate of drug-likeness (QED) is 0.928. The topological polar surface area (TPSA) is 63.2 Å². The van der Waals surface area contributed by atoms with Crippen LogP contribution in [0.2, 0.25) is 0 Å². The molecule has 23 heavy (non-hydrogen) atoms. The highest BCUT2D eigenvalue weighted by Crippen LogP contribution is 2.22. The maximum absolute atomic E-state index is 12.2. The molecule has 2 aromatic carbocycles. The molecule has 0 atom stereocenters. The summed E-state index contributed by atoms with van der Waals surface area (Å²) in [6.07, 6.45) is 0.587. The van der Waals surface area contributed by atoms with E-state index < -0.39 is 21.4 Å². The van der Waals surface area contributed by atoms with Crippen molar-refractivity contribution in [2.75, 3.05) is 0 Å². The lowest BCUT2D eigenvalue weighted by Crippen LogP contribution is -2.40. The van der Waals surface area contributed by atoms with Crippen molar-refractivity contribution in [3.63, 3.8) is 0 Å². The van der Waals surface area contributed by atoms with E-state index in [9.17, 15) is 26.4 Å². The van der Waals surface area contributed by atoms with Crippen LogP contribution in [0.4, 0.5) is 13.2 Å². The van der Waals surface area contributed by atoms with Crippen LogP contribution in [0, 0.1) is 0 Å². The van der Waals surface area contributed by atoms with Gasteiger partial charge in [0, 0.05) is 5.56 Å². The summed E-state index contributed by atoms with van der Waals surface area (Å²) in [4.78, 5) is 11.6. The third-order valence-corrected chi connectivity index (χ3v) is 4.06. The number of amides is 1. The van der Waals surface area contributed by atoms with E-state index >= 15 is 0 Å². The first-order valence-corrected chi connectivity index (χ1v) is 7.93. The van der Waals surface area contributed by atoms with Gasteiger partial charge in [0.2, 0.25) is 0 Å². The Morgan fingerprint density at radius 1 is 0.913 bits per heavy atom. The minimum absolute atomic E-state index is 0.172. The lowest BCUT2D eigenvalue weighted by molar-refractivity contribution is -0.0446. The van der Waals surface area contributed by atoms with E-state index in [1.165, 1.54) is 12.1 Å². The Balaban J connectivity index is 2.09. The van der Waals surface area contributed by atoms with Crippen LogP contribution in [-0.2, 0) is 16.4 Å². The minimum atomic E-state index is -5.70. The zero-order valence-electron chi connectivity index (χ0n) is 11.7. The molecule has 0 spiro atoms. The molecule has 122 valence electrons. The van der Waals surface area contributed by atoms with Gasteiger partial charge >= 0.3 is 15.5 Å². The fraction of sp³-hybridized carbons (Fsp3) is 0.133. The van der Waals surface area contributed by atoms with Crippen molar-refractivity contribution in [1.29, 1.82) is 0 Å². The molecule has 0 heterocycles. The van der Waals surface area contributed by atoms with Gasteiger partial charge in [0.1, 0.15) is 0 Å². The molecule has 0 fully saturated rings. The summed E-state index contributed by atoms with van der Waals surface area (Å²) < 4.78 is 59.4. The molecule has 2 rings (SSSR count). The molecule has 0 bridgehead atoms. The number of halogens is 3. The summed E-state index contributed by atoms with van der Waals surface area (Å²) in [6, 6.07) is 15.1. The third kappa shape index (κ3) is 4.32. The van der Waals surface area contributed by atoms with E-state index in [4.69, 9.17) is 0 Å². The monoisotopic (exact) mass is 343 g/mol. The molecule has 1 N–H and O–H groups in total. The van der Waals surface area contributed by atoms with Crippen molar-refractivity contribution in [3.05, 3.63) is 71.3 Å². The molecule has 0 aromatic heterocycles. The molecule has 0 saturated carbocycles. The number of rotatable bonds is 4. The molecule has 2 aromatic rings. The van der Waals surface area contributed by atoms with E-state index in [1.54, 1.807) is 12.1 Å². The second-order valence-electron chi connectivity index (χ2n) is 4.74. The number of benzene rings is 2. The van der Waals surface area contributed by atoms with Crippen LogP contribution < -0.4 is 4.72 Å². The van der Waals surface area contributed by atoms with Crippen LogP contribution in [0.5, 0.6) is 0 Å². The van der Waals surface area contributed by atoms with E-state index in [0.717, 1.165) is 15.8 Å². The number of alkyl halides is 3. The van der Waals surface area contributed by atoms with Gasteiger partial charge in [0.15, 0.2) is 0 Å². The molecule has 0 aliphatic carbocycles. The third-order valence-electron chi connectivity index (χ3n) is 3.00. The summed E-state index contributed by atoms with van der Waals surface area (Å²) in [5, 5.41) is 0. The summed E-state index contributed by atoms with van der Waals surface area (Å²) in [7, 11) is -5.70. The van der Waals surface area contributed by atoms with Gasteiger partial charge in [-0.2, -0.15) is 21.6 Å². The summed E-state index contributed by atoms with van der Waals surface area (Å²) in [5.74, 6) is -1.33. The number of sulfonamides is 1. The highest BCUT2D eigenvalue weighted by atomic mass is 32.2. The number of nitrogens with one attached hydrogen (secondary N) is 1. The maximum Gasteiger partial charge on any atom is 0.516 e. The van der Waals surface area contributed by atoms with Gasteiger partial charge in [-0.3, -0.25) is 4.79 Å². The van der Waals surface area contributed by atoms with Crippen LogP contribution in [-0.4, -0.2) is 19.8 Å². The maximum atomic E-state index is 12.2. The molecular formula is C15H12F3NO3S.